The second-order valence-electron chi connectivity index (χ2n) is 4.43. The highest BCUT2D eigenvalue weighted by molar-refractivity contribution is 5.72. The Hall–Kier alpha value is -2.81. The first-order chi connectivity index (χ1) is 9.60. The minimum absolute atomic E-state index is 0.0260. The van der Waals surface area contributed by atoms with E-state index in [2.05, 4.69) is 21.4 Å². The Bertz CT molecular complexity index is 648. The molecule has 1 heterocycles. The molecular weight excluding hydrogens is 254 g/mol. The van der Waals surface area contributed by atoms with Crippen LogP contribution < -0.4 is 15.8 Å². The molecule has 0 radical (unpaired) electrons. The lowest BCUT2D eigenvalue weighted by molar-refractivity contribution is 0.234. The third-order valence-electron chi connectivity index (χ3n) is 2.45. The number of nitrogens with one attached hydrogen (secondary N) is 1. The van der Waals surface area contributed by atoms with Crippen LogP contribution >= 0.6 is 0 Å². The summed E-state index contributed by atoms with van der Waals surface area (Å²) >= 11 is 0. The number of nitriles is 1. The van der Waals surface area contributed by atoms with E-state index >= 15 is 0 Å². The van der Waals surface area contributed by atoms with E-state index in [1.165, 1.54) is 6.33 Å². The predicted molar refractivity (Wildman–Crippen MR) is 76.6 cm³/mol. The fraction of sp³-hybridized carbons (Fsp3) is 0.214. The molecule has 6 heteroatoms. The number of hydrogen-bond donors (Lipinski definition) is 2. The largest absolute Gasteiger partial charge is 0.473 e. The zero-order valence-corrected chi connectivity index (χ0v) is 11.3. The van der Waals surface area contributed by atoms with Crippen LogP contribution in [0.5, 0.6) is 5.88 Å². The van der Waals surface area contributed by atoms with Gasteiger partial charge >= 0.3 is 0 Å². The van der Waals surface area contributed by atoms with Crippen molar-refractivity contribution >= 4 is 17.2 Å². The minimum Gasteiger partial charge on any atom is -0.473 e. The molecule has 0 bridgehead atoms. The van der Waals surface area contributed by atoms with E-state index in [-0.39, 0.29) is 6.10 Å². The SMILES string of the molecule is CC(C)Oc1ncnc(Nc2cccc(C#N)c2)c1N. The Morgan fingerprint density at radius 2 is 2.15 bits per heavy atom. The van der Waals surface area contributed by atoms with Crippen LogP contribution in [0.1, 0.15) is 19.4 Å². The van der Waals surface area contributed by atoms with Crippen molar-refractivity contribution < 1.29 is 4.74 Å². The van der Waals surface area contributed by atoms with Crippen LogP contribution in [-0.2, 0) is 0 Å². The van der Waals surface area contributed by atoms with E-state index in [4.69, 9.17) is 15.7 Å². The van der Waals surface area contributed by atoms with Crippen LogP contribution in [0.25, 0.3) is 0 Å². The number of benzene rings is 1. The Labute approximate surface area is 117 Å². The Balaban J connectivity index is 2.27. The molecule has 20 heavy (non-hydrogen) atoms. The molecule has 6 nitrogen and oxygen atoms in total. The molecule has 0 atom stereocenters. The summed E-state index contributed by atoms with van der Waals surface area (Å²) in [6.45, 7) is 3.79. The quantitative estimate of drug-likeness (QED) is 0.884. The molecule has 0 saturated heterocycles. The maximum absolute atomic E-state index is 8.88. The Morgan fingerprint density at radius 3 is 2.85 bits per heavy atom. The van der Waals surface area contributed by atoms with Crippen molar-refractivity contribution in [3.63, 3.8) is 0 Å². The molecule has 1 aromatic heterocycles. The molecule has 0 saturated carbocycles. The summed E-state index contributed by atoms with van der Waals surface area (Å²) in [7, 11) is 0. The summed E-state index contributed by atoms with van der Waals surface area (Å²) in [5.41, 5.74) is 7.59. The first kappa shape index (κ1) is 13.6. The van der Waals surface area contributed by atoms with Gasteiger partial charge in [0.15, 0.2) is 5.82 Å². The van der Waals surface area contributed by atoms with Crippen molar-refractivity contribution in [2.24, 2.45) is 0 Å². The highest BCUT2D eigenvalue weighted by Gasteiger charge is 2.11. The number of nitrogens with two attached hydrogens (primary N) is 1. The van der Waals surface area contributed by atoms with Crippen LogP contribution in [0, 0.1) is 11.3 Å². The number of nitrogen functional groups attached to an aromatic ring is 1. The van der Waals surface area contributed by atoms with Crippen molar-refractivity contribution in [3.05, 3.63) is 36.2 Å². The van der Waals surface area contributed by atoms with Gasteiger partial charge in [-0.05, 0) is 32.0 Å². The summed E-state index contributed by atoms with van der Waals surface area (Å²) in [5, 5.41) is 11.9. The summed E-state index contributed by atoms with van der Waals surface area (Å²) in [4.78, 5) is 8.09. The van der Waals surface area contributed by atoms with Crippen LogP contribution in [0.3, 0.4) is 0 Å². The number of rotatable bonds is 4. The highest BCUT2D eigenvalue weighted by Crippen LogP contribution is 2.28. The number of ether oxygens (including phenoxy) is 1. The van der Waals surface area contributed by atoms with Gasteiger partial charge in [0, 0.05) is 5.69 Å². The summed E-state index contributed by atoms with van der Waals surface area (Å²) in [6, 6.07) is 9.12. The van der Waals surface area contributed by atoms with Crippen molar-refractivity contribution in [1.82, 2.24) is 9.97 Å². The molecule has 0 fully saturated rings. The van der Waals surface area contributed by atoms with Gasteiger partial charge in [-0.25, -0.2) is 4.98 Å². The lowest BCUT2D eigenvalue weighted by Gasteiger charge is -2.13. The maximum Gasteiger partial charge on any atom is 0.242 e. The highest BCUT2D eigenvalue weighted by atomic mass is 16.5. The molecule has 102 valence electrons. The number of hydrogen-bond acceptors (Lipinski definition) is 6. The summed E-state index contributed by atoms with van der Waals surface area (Å²) in [6.07, 6.45) is 1.35. The van der Waals surface area contributed by atoms with E-state index in [1.807, 2.05) is 19.9 Å². The zero-order chi connectivity index (χ0) is 14.5. The van der Waals surface area contributed by atoms with E-state index in [0.717, 1.165) is 5.69 Å². The molecule has 0 spiro atoms. The second-order valence-corrected chi connectivity index (χ2v) is 4.43. The number of anilines is 3. The van der Waals surface area contributed by atoms with Crippen molar-refractivity contribution in [2.75, 3.05) is 11.1 Å². The molecule has 0 amide bonds. The topological polar surface area (TPSA) is 96.9 Å². The van der Waals surface area contributed by atoms with Gasteiger partial charge in [0.05, 0.1) is 17.7 Å². The average Bonchev–Trinajstić information content (AvgIpc) is 2.43. The molecular formula is C14H15N5O. The molecule has 0 aliphatic carbocycles. The van der Waals surface area contributed by atoms with Crippen molar-refractivity contribution in [2.45, 2.75) is 20.0 Å². The number of nitrogens with zero attached hydrogens (tertiary/aromatic N) is 3. The molecule has 2 rings (SSSR count). The van der Waals surface area contributed by atoms with Gasteiger partial charge in [-0.3, -0.25) is 0 Å². The van der Waals surface area contributed by atoms with Gasteiger partial charge in [0.2, 0.25) is 5.88 Å². The zero-order valence-electron chi connectivity index (χ0n) is 11.3. The van der Waals surface area contributed by atoms with E-state index in [0.29, 0.717) is 22.9 Å². The van der Waals surface area contributed by atoms with Crippen LogP contribution in [0.4, 0.5) is 17.2 Å². The standard InChI is InChI=1S/C14H15N5O/c1-9(2)20-14-12(16)13(17-8-18-14)19-11-5-3-4-10(6-11)7-15/h3-6,8-9H,16H2,1-2H3,(H,17,18,19). The van der Waals surface area contributed by atoms with E-state index in [9.17, 15) is 0 Å². The van der Waals surface area contributed by atoms with Crippen LogP contribution in [0.2, 0.25) is 0 Å². The lowest BCUT2D eigenvalue weighted by Crippen LogP contribution is -2.10. The molecule has 1 aromatic carbocycles. The summed E-state index contributed by atoms with van der Waals surface area (Å²) < 4.78 is 5.50. The van der Waals surface area contributed by atoms with Gasteiger partial charge in [0.25, 0.3) is 0 Å². The monoisotopic (exact) mass is 269 g/mol. The van der Waals surface area contributed by atoms with E-state index in [1.54, 1.807) is 18.2 Å². The fourth-order valence-corrected chi connectivity index (χ4v) is 1.60. The third kappa shape index (κ3) is 3.14. The Kier molecular flexibility index (Phi) is 4.01. The summed E-state index contributed by atoms with van der Waals surface area (Å²) in [5.74, 6) is 0.791. The molecule has 0 aliphatic heterocycles. The first-order valence-corrected chi connectivity index (χ1v) is 6.14. The smallest absolute Gasteiger partial charge is 0.242 e. The molecule has 0 aliphatic rings. The average molecular weight is 269 g/mol. The maximum atomic E-state index is 8.88. The molecule has 3 N–H and O–H groups in total. The van der Waals surface area contributed by atoms with Gasteiger partial charge < -0.3 is 15.8 Å². The first-order valence-electron chi connectivity index (χ1n) is 6.14. The van der Waals surface area contributed by atoms with Gasteiger partial charge in [-0.15, -0.1) is 0 Å². The normalized spacial score (nSPS) is 10.1. The lowest BCUT2D eigenvalue weighted by atomic mass is 10.2. The molecule has 2 aromatic rings. The third-order valence-corrected chi connectivity index (χ3v) is 2.45. The fourth-order valence-electron chi connectivity index (χ4n) is 1.60. The van der Waals surface area contributed by atoms with E-state index < -0.39 is 0 Å². The second kappa shape index (κ2) is 5.89. The van der Waals surface area contributed by atoms with Crippen LogP contribution in [0.15, 0.2) is 30.6 Å². The van der Waals surface area contributed by atoms with Crippen molar-refractivity contribution in [1.29, 1.82) is 5.26 Å². The Morgan fingerprint density at radius 1 is 1.35 bits per heavy atom. The van der Waals surface area contributed by atoms with Gasteiger partial charge in [-0.1, -0.05) is 6.07 Å². The predicted octanol–water partition coefficient (Wildman–Crippen LogP) is 2.46. The van der Waals surface area contributed by atoms with Gasteiger partial charge in [0.1, 0.15) is 12.0 Å². The molecule has 0 unspecified atom stereocenters. The minimum atomic E-state index is -0.0260. The van der Waals surface area contributed by atoms with Gasteiger partial charge in [-0.2, -0.15) is 10.2 Å². The van der Waals surface area contributed by atoms with Crippen molar-refractivity contribution in [3.8, 4) is 11.9 Å². The number of aromatic nitrogens is 2. The van der Waals surface area contributed by atoms with Crippen LogP contribution in [-0.4, -0.2) is 16.1 Å².